The molecule has 8 nitrogen and oxygen atoms in total. The molecule has 0 aromatic carbocycles. The molecular weight excluding hydrogens is 332 g/mol. The molecule has 1 saturated heterocycles. The van der Waals surface area contributed by atoms with Gasteiger partial charge >= 0.3 is 0 Å². The van der Waals surface area contributed by atoms with Gasteiger partial charge in [0.15, 0.2) is 5.76 Å². The fourth-order valence-corrected chi connectivity index (χ4v) is 2.99. The zero-order valence-electron chi connectivity index (χ0n) is 14.5. The van der Waals surface area contributed by atoms with Gasteiger partial charge in [0.1, 0.15) is 11.5 Å². The van der Waals surface area contributed by atoms with Crippen molar-refractivity contribution >= 4 is 11.8 Å². The molecule has 0 saturated carbocycles. The number of aliphatic hydroxyl groups excluding tert-OH is 1. The minimum atomic E-state index is -0.286. The molecule has 0 amide bonds. The molecule has 4 rings (SSSR count). The van der Waals surface area contributed by atoms with Crippen LogP contribution in [0.5, 0.6) is 0 Å². The summed E-state index contributed by atoms with van der Waals surface area (Å²) >= 11 is 0. The van der Waals surface area contributed by atoms with E-state index in [1.54, 1.807) is 18.6 Å². The van der Waals surface area contributed by atoms with E-state index in [1.165, 1.54) is 0 Å². The Hall–Kier alpha value is -3.00. The van der Waals surface area contributed by atoms with Gasteiger partial charge in [0.05, 0.1) is 12.6 Å². The minimum Gasteiger partial charge on any atom is -0.391 e. The summed E-state index contributed by atoms with van der Waals surface area (Å²) in [4.78, 5) is 17.0. The van der Waals surface area contributed by atoms with E-state index in [2.05, 4.69) is 25.0 Å². The summed E-state index contributed by atoms with van der Waals surface area (Å²) in [7, 11) is 1.91. The number of aliphatic hydroxyl groups is 1. The van der Waals surface area contributed by atoms with Gasteiger partial charge in [0.25, 0.3) is 0 Å². The smallest absolute Gasteiger partial charge is 0.227 e. The van der Waals surface area contributed by atoms with Crippen LogP contribution in [0.1, 0.15) is 12.2 Å². The molecule has 4 heterocycles. The van der Waals surface area contributed by atoms with Crippen molar-refractivity contribution in [3.8, 4) is 11.3 Å². The van der Waals surface area contributed by atoms with Crippen LogP contribution in [-0.2, 0) is 6.54 Å². The Morgan fingerprint density at radius 3 is 3.04 bits per heavy atom. The van der Waals surface area contributed by atoms with Crippen molar-refractivity contribution in [1.29, 1.82) is 0 Å². The van der Waals surface area contributed by atoms with Crippen molar-refractivity contribution in [2.75, 3.05) is 29.9 Å². The Morgan fingerprint density at radius 2 is 2.27 bits per heavy atom. The normalized spacial score (nSPS) is 16.8. The largest absolute Gasteiger partial charge is 0.391 e. The first kappa shape index (κ1) is 16.5. The van der Waals surface area contributed by atoms with E-state index in [4.69, 9.17) is 4.52 Å². The highest BCUT2D eigenvalue weighted by Gasteiger charge is 2.22. The second kappa shape index (κ2) is 7.09. The van der Waals surface area contributed by atoms with Gasteiger partial charge in [-0.1, -0.05) is 5.16 Å². The summed E-state index contributed by atoms with van der Waals surface area (Å²) in [6, 6.07) is 7.57. The zero-order valence-corrected chi connectivity index (χ0v) is 14.5. The van der Waals surface area contributed by atoms with E-state index in [9.17, 15) is 5.11 Å². The summed E-state index contributed by atoms with van der Waals surface area (Å²) in [5.41, 5.74) is 1.67. The number of aromatic nitrogens is 4. The van der Waals surface area contributed by atoms with Gasteiger partial charge in [-0.2, -0.15) is 4.98 Å². The van der Waals surface area contributed by atoms with Crippen molar-refractivity contribution in [3.63, 3.8) is 0 Å². The van der Waals surface area contributed by atoms with Crippen molar-refractivity contribution in [3.05, 3.63) is 48.6 Å². The number of rotatable bonds is 5. The molecule has 134 valence electrons. The van der Waals surface area contributed by atoms with Gasteiger partial charge < -0.3 is 19.4 Å². The van der Waals surface area contributed by atoms with E-state index in [1.807, 2.05) is 36.2 Å². The third-order valence-corrected chi connectivity index (χ3v) is 4.37. The first-order chi connectivity index (χ1) is 12.7. The van der Waals surface area contributed by atoms with E-state index >= 15 is 0 Å². The lowest BCUT2D eigenvalue weighted by molar-refractivity contribution is 0.198. The summed E-state index contributed by atoms with van der Waals surface area (Å²) in [5.74, 6) is 2.15. The van der Waals surface area contributed by atoms with Crippen molar-refractivity contribution < 1.29 is 9.63 Å². The maximum atomic E-state index is 9.71. The van der Waals surface area contributed by atoms with Crippen molar-refractivity contribution in [2.24, 2.45) is 0 Å². The highest BCUT2D eigenvalue weighted by Crippen LogP contribution is 2.22. The van der Waals surface area contributed by atoms with Crippen LogP contribution in [-0.4, -0.2) is 51.5 Å². The second-order valence-electron chi connectivity index (χ2n) is 6.38. The predicted octanol–water partition coefficient (Wildman–Crippen LogP) is 1.73. The average Bonchev–Trinajstić information content (AvgIpc) is 3.32. The molecule has 1 N–H and O–H groups in total. The third kappa shape index (κ3) is 3.50. The van der Waals surface area contributed by atoms with E-state index in [0.29, 0.717) is 19.0 Å². The van der Waals surface area contributed by atoms with E-state index in [0.717, 1.165) is 35.8 Å². The van der Waals surface area contributed by atoms with Gasteiger partial charge in [0.2, 0.25) is 5.95 Å². The number of hydrogen-bond donors (Lipinski definition) is 1. The van der Waals surface area contributed by atoms with Crippen molar-refractivity contribution in [1.82, 2.24) is 20.1 Å². The number of β-amino-alcohol motifs (C(OH)–C–C–N with tert-alkyl or cyclic N) is 1. The summed E-state index contributed by atoms with van der Waals surface area (Å²) in [6.07, 6.45) is 5.70. The molecule has 0 aliphatic carbocycles. The Kier molecular flexibility index (Phi) is 4.49. The number of hydrogen-bond acceptors (Lipinski definition) is 8. The first-order valence-electron chi connectivity index (χ1n) is 8.52. The number of nitrogens with zero attached hydrogens (tertiary/aromatic N) is 6. The topological polar surface area (TPSA) is 91.4 Å². The molecule has 3 aromatic heterocycles. The molecule has 0 radical (unpaired) electrons. The van der Waals surface area contributed by atoms with Crippen LogP contribution >= 0.6 is 0 Å². The zero-order chi connectivity index (χ0) is 17.9. The molecule has 26 heavy (non-hydrogen) atoms. The summed E-state index contributed by atoms with van der Waals surface area (Å²) in [6.45, 7) is 1.91. The molecular formula is C18H20N6O2. The lowest BCUT2D eigenvalue weighted by Crippen LogP contribution is -2.24. The Bertz CT molecular complexity index is 869. The van der Waals surface area contributed by atoms with Gasteiger partial charge in [-0.15, -0.1) is 0 Å². The molecule has 0 bridgehead atoms. The van der Waals surface area contributed by atoms with E-state index < -0.39 is 0 Å². The molecule has 1 aliphatic heterocycles. The molecule has 0 spiro atoms. The summed E-state index contributed by atoms with van der Waals surface area (Å²) < 4.78 is 5.44. The van der Waals surface area contributed by atoms with Crippen LogP contribution < -0.4 is 9.80 Å². The SMILES string of the molecule is CN(Cc1cc(-c2cccnc2)no1)c1nccc(N2CC[C@H](O)C2)n1. The predicted molar refractivity (Wildman–Crippen MR) is 96.7 cm³/mol. The molecule has 0 unspecified atom stereocenters. The Balaban J connectivity index is 1.47. The van der Waals surface area contributed by atoms with Crippen molar-refractivity contribution in [2.45, 2.75) is 19.1 Å². The summed E-state index contributed by atoms with van der Waals surface area (Å²) in [5, 5.41) is 13.8. The number of pyridine rings is 1. The van der Waals surface area contributed by atoms with Gasteiger partial charge in [-0.05, 0) is 24.6 Å². The Labute approximate surface area is 151 Å². The first-order valence-corrected chi connectivity index (χ1v) is 8.52. The van der Waals surface area contributed by atoms with Crippen LogP contribution in [0.15, 0.2) is 47.4 Å². The van der Waals surface area contributed by atoms with Crippen LogP contribution in [0.4, 0.5) is 11.8 Å². The van der Waals surface area contributed by atoms with Gasteiger partial charge in [0, 0.05) is 50.4 Å². The fourth-order valence-electron chi connectivity index (χ4n) is 2.99. The quantitative estimate of drug-likeness (QED) is 0.742. The van der Waals surface area contributed by atoms with Crippen LogP contribution in [0.25, 0.3) is 11.3 Å². The monoisotopic (exact) mass is 352 g/mol. The highest BCUT2D eigenvalue weighted by molar-refractivity contribution is 5.57. The maximum Gasteiger partial charge on any atom is 0.227 e. The van der Waals surface area contributed by atoms with Gasteiger partial charge in [-0.25, -0.2) is 4.98 Å². The Morgan fingerprint density at radius 1 is 1.35 bits per heavy atom. The van der Waals surface area contributed by atoms with Crippen LogP contribution in [0.3, 0.4) is 0 Å². The second-order valence-corrected chi connectivity index (χ2v) is 6.38. The third-order valence-electron chi connectivity index (χ3n) is 4.37. The maximum absolute atomic E-state index is 9.71. The van der Waals surface area contributed by atoms with Crippen LogP contribution in [0, 0.1) is 0 Å². The van der Waals surface area contributed by atoms with Crippen LogP contribution in [0.2, 0.25) is 0 Å². The average molecular weight is 352 g/mol. The molecule has 3 aromatic rings. The molecule has 8 heteroatoms. The molecule has 1 atom stereocenters. The number of anilines is 2. The fraction of sp³-hybridized carbons (Fsp3) is 0.333. The lowest BCUT2D eigenvalue weighted by atomic mass is 10.2. The van der Waals surface area contributed by atoms with Gasteiger partial charge in [-0.3, -0.25) is 4.98 Å². The molecule has 1 aliphatic rings. The lowest BCUT2D eigenvalue weighted by Gasteiger charge is -2.20. The minimum absolute atomic E-state index is 0.286. The molecule has 1 fully saturated rings. The standard InChI is InChI=1S/C18H20N6O2/c1-23(12-15-9-16(22-26-15)13-3-2-6-19-10-13)18-20-7-4-17(21-18)24-8-5-14(25)11-24/h2-4,6-7,9-10,14,25H,5,8,11-12H2,1H3/t14-/m0/s1. The highest BCUT2D eigenvalue weighted by atomic mass is 16.5. The van der Waals surface area contributed by atoms with E-state index in [-0.39, 0.29) is 6.10 Å².